The van der Waals surface area contributed by atoms with Gasteiger partial charge in [0.1, 0.15) is 0 Å². The molecule has 0 aliphatic rings. The first-order chi connectivity index (χ1) is 7.13. The van der Waals surface area contributed by atoms with Gasteiger partial charge in [-0.25, -0.2) is 0 Å². The zero-order valence-corrected chi connectivity index (χ0v) is 10.6. The fraction of sp³-hybridized carbons (Fsp3) is 0.500. The number of rotatable bonds is 5. The Balaban J connectivity index is 0.00000225. The molecule has 0 saturated carbocycles. The van der Waals surface area contributed by atoms with Gasteiger partial charge in [-0.2, -0.15) is 0 Å². The van der Waals surface area contributed by atoms with Crippen LogP contribution >= 0.6 is 12.4 Å². The van der Waals surface area contributed by atoms with E-state index in [1.54, 1.807) is 6.07 Å². The van der Waals surface area contributed by atoms with Crippen molar-refractivity contribution in [2.75, 3.05) is 20.1 Å². The lowest BCUT2D eigenvalue weighted by atomic mass is 10.1. The van der Waals surface area contributed by atoms with Gasteiger partial charge in [0.25, 0.3) is 0 Å². The number of hydrogen-bond acceptors (Lipinski definition) is 3. The molecular weight excluding hydrogens is 226 g/mol. The van der Waals surface area contributed by atoms with Crippen LogP contribution in [0, 0.1) is 0 Å². The predicted molar refractivity (Wildman–Crippen MR) is 68.5 cm³/mol. The molecule has 0 bridgehead atoms. The third-order valence-electron chi connectivity index (χ3n) is 2.43. The monoisotopic (exact) mass is 245 g/mol. The lowest BCUT2D eigenvalue weighted by molar-refractivity contribution is 0.338. The number of phenols is 2. The third kappa shape index (κ3) is 4.73. The second-order valence-corrected chi connectivity index (χ2v) is 3.88. The Labute approximate surface area is 103 Å². The van der Waals surface area contributed by atoms with Crippen LogP contribution in [-0.2, 0) is 6.42 Å². The molecule has 0 aliphatic carbocycles. The van der Waals surface area contributed by atoms with Gasteiger partial charge in [-0.3, -0.25) is 0 Å². The molecule has 3 nitrogen and oxygen atoms in total. The Hall–Kier alpha value is -0.930. The van der Waals surface area contributed by atoms with E-state index in [0.29, 0.717) is 0 Å². The summed E-state index contributed by atoms with van der Waals surface area (Å²) in [5.74, 6) is -0.0914. The summed E-state index contributed by atoms with van der Waals surface area (Å²) in [6.45, 7) is 4.21. The molecule has 1 rings (SSSR count). The smallest absolute Gasteiger partial charge is 0.157 e. The highest BCUT2D eigenvalue weighted by Gasteiger charge is 2.02. The van der Waals surface area contributed by atoms with Gasteiger partial charge in [0.15, 0.2) is 11.5 Å². The normalized spacial score (nSPS) is 10.2. The van der Waals surface area contributed by atoms with Crippen LogP contribution in [0.1, 0.15) is 18.9 Å². The van der Waals surface area contributed by atoms with Crippen LogP contribution in [0.25, 0.3) is 0 Å². The standard InChI is InChI=1S/C12H19NO2.ClH/c1-3-7-13(2)8-6-10-4-5-11(14)12(15)9-10;/h4-5,9,14-15H,3,6-8H2,1-2H3;1H. The van der Waals surface area contributed by atoms with E-state index in [1.807, 2.05) is 6.07 Å². The van der Waals surface area contributed by atoms with Crippen LogP contribution in [0.15, 0.2) is 18.2 Å². The van der Waals surface area contributed by atoms with Gasteiger partial charge in [-0.15, -0.1) is 12.4 Å². The summed E-state index contributed by atoms with van der Waals surface area (Å²) in [6.07, 6.45) is 2.04. The topological polar surface area (TPSA) is 43.7 Å². The van der Waals surface area contributed by atoms with Gasteiger partial charge < -0.3 is 15.1 Å². The lowest BCUT2D eigenvalue weighted by Crippen LogP contribution is -2.21. The predicted octanol–water partition coefficient (Wildman–Crippen LogP) is 2.40. The molecule has 0 saturated heterocycles. The van der Waals surface area contributed by atoms with E-state index < -0.39 is 0 Å². The number of phenolic OH excluding ortho intramolecular Hbond substituents is 2. The minimum atomic E-state index is -0.0549. The van der Waals surface area contributed by atoms with Crippen LogP contribution in [0.3, 0.4) is 0 Å². The number of nitrogens with zero attached hydrogens (tertiary/aromatic N) is 1. The summed E-state index contributed by atoms with van der Waals surface area (Å²) < 4.78 is 0. The minimum absolute atomic E-state index is 0. The van der Waals surface area contributed by atoms with Crippen molar-refractivity contribution in [1.82, 2.24) is 4.90 Å². The van der Waals surface area contributed by atoms with Crippen molar-refractivity contribution in [2.24, 2.45) is 0 Å². The zero-order valence-electron chi connectivity index (χ0n) is 9.81. The summed E-state index contributed by atoms with van der Waals surface area (Å²) in [7, 11) is 2.09. The van der Waals surface area contributed by atoms with Crippen molar-refractivity contribution in [2.45, 2.75) is 19.8 Å². The van der Waals surface area contributed by atoms with Crippen molar-refractivity contribution >= 4 is 12.4 Å². The van der Waals surface area contributed by atoms with Gasteiger partial charge in [0.05, 0.1) is 0 Å². The summed E-state index contributed by atoms with van der Waals surface area (Å²) in [5.41, 5.74) is 1.05. The second kappa shape index (κ2) is 7.36. The van der Waals surface area contributed by atoms with Crippen LogP contribution in [0.2, 0.25) is 0 Å². The number of hydrogen-bond donors (Lipinski definition) is 2. The summed E-state index contributed by atoms with van der Waals surface area (Å²) >= 11 is 0. The number of benzene rings is 1. The van der Waals surface area contributed by atoms with E-state index in [1.165, 1.54) is 6.07 Å². The molecule has 0 spiro atoms. The Kier molecular flexibility index (Phi) is 6.93. The number of halogens is 1. The maximum absolute atomic E-state index is 9.31. The highest BCUT2D eigenvalue weighted by atomic mass is 35.5. The Morgan fingerprint density at radius 2 is 1.81 bits per heavy atom. The lowest BCUT2D eigenvalue weighted by Gasteiger charge is -2.15. The van der Waals surface area contributed by atoms with E-state index in [0.717, 1.165) is 31.5 Å². The van der Waals surface area contributed by atoms with Crippen LogP contribution in [-0.4, -0.2) is 35.3 Å². The van der Waals surface area contributed by atoms with Crippen molar-refractivity contribution in [1.29, 1.82) is 0 Å². The number of aromatic hydroxyl groups is 2. The molecule has 0 heterocycles. The summed E-state index contributed by atoms with van der Waals surface area (Å²) in [4.78, 5) is 2.25. The highest BCUT2D eigenvalue weighted by Crippen LogP contribution is 2.24. The molecule has 0 aromatic heterocycles. The fourth-order valence-electron chi connectivity index (χ4n) is 1.54. The molecule has 0 unspecified atom stereocenters. The molecule has 0 radical (unpaired) electrons. The molecule has 2 N–H and O–H groups in total. The van der Waals surface area contributed by atoms with E-state index >= 15 is 0 Å². The molecule has 16 heavy (non-hydrogen) atoms. The Morgan fingerprint density at radius 3 is 2.38 bits per heavy atom. The van der Waals surface area contributed by atoms with Crippen LogP contribution < -0.4 is 0 Å². The SMILES string of the molecule is CCCN(C)CCc1ccc(O)c(O)c1.Cl. The maximum Gasteiger partial charge on any atom is 0.157 e. The van der Waals surface area contributed by atoms with Crippen molar-refractivity contribution in [3.63, 3.8) is 0 Å². The van der Waals surface area contributed by atoms with Crippen molar-refractivity contribution in [3.05, 3.63) is 23.8 Å². The van der Waals surface area contributed by atoms with E-state index in [4.69, 9.17) is 5.11 Å². The zero-order chi connectivity index (χ0) is 11.3. The summed E-state index contributed by atoms with van der Waals surface area (Å²) in [6, 6.07) is 4.99. The van der Waals surface area contributed by atoms with E-state index in [9.17, 15) is 5.11 Å². The Morgan fingerprint density at radius 1 is 1.12 bits per heavy atom. The maximum atomic E-state index is 9.31. The molecule has 0 atom stereocenters. The molecule has 1 aromatic carbocycles. The molecule has 4 heteroatoms. The minimum Gasteiger partial charge on any atom is -0.504 e. The largest absolute Gasteiger partial charge is 0.504 e. The van der Waals surface area contributed by atoms with Crippen LogP contribution in [0.5, 0.6) is 11.5 Å². The first-order valence-corrected chi connectivity index (χ1v) is 5.33. The first-order valence-electron chi connectivity index (χ1n) is 5.33. The molecule has 0 amide bonds. The quantitative estimate of drug-likeness (QED) is 0.783. The Bertz CT molecular complexity index is 318. The molecule has 0 aliphatic heterocycles. The molecule has 0 fully saturated rings. The second-order valence-electron chi connectivity index (χ2n) is 3.88. The van der Waals surface area contributed by atoms with Gasteiger partial charge in [-0.1, -0.05) is 13.0 Å². The first kappa shape index (κ1) is 15.1. The van der Waals surface area contributed by atoms with Gasteiger partial charge in [0.2, 0.25) is 0 Å². The fourth-order valence-corrected chi connectivity index (χ4v) is 1.54. The highest BCUT2D eigenvalue weighted by molar-refractivity contribution is 5.85. The van der Waals surface area contributed by atoms with Gasteiger partial charge >= 0.3 is 0 Å². The van der Waals surface area contributed by atoms with E-state index in [-0.39, 0.29) is 23.9 Å². The van der Waals surface area contributed by atoms with Crippen molar-refractivity contribution < 1.29 is 10.2 Å². The average Bonchev–Trinajstić information content (AvgIpc) is 2.20. The average molecular weight is 246 g/mol. The third-order valence-corrected chi connectivity index (χ3v) is 2.43. The molecule has 1 aromatic rings. The van der Waals surface area contributed by atoms with Gasteiger partial charge in [0, 0.05) is 6.54 Å². The summed E-state index contributed by atoms with van der Waals surface area (Å²) in [5, 5.41) is 18.5. The van der Waals surface area contributed by atoms with E-state index in [2.05, 4.69) is 18.9 Å². The number of likely N-dealkylation sites (N-methyl/N-ethyl adjacent to an activating group) is 1. The molecule has 92 valence electrons. The van der Waals surface area contributed by atoms with Crippen molar-refractivity contribution in [3.8, 4) is 11.5 Å². The van der Waals surface area contributed by atoms with Gasteiger partial charge in [-0.05, 0) is 44.1 Å². The molecular formula is C12H20ClNO2. The van der Waals surface area contributed by atoms with Crippen LogP contribution in [0.4, 0.5) is 0 Å².